The summed E-state index contributed by atoms with van der Waals surface area (Å²) in [5, 5.41) is 23.9. The number of carbonyl (C=O) groups excluding carboxylic acids is 1. The standard InChI is InChI=1S/C20H12BrClN2O2/c21-17-8-12(9-18(22)19(17)25)7-15(11-23)20(26)24-16-6-5-13-3-1-2-4-14(13)10-16/h1-10,25H,(H,24,26). The molecule has 0 aliphatic rings. The second-order valence-corrected chi connectivity index (χ2v) is 6.78. The van der Waals surface area contributed by atoms with Crippen molar-refractivity contribution in [2.24, 2.45) is 0 Å². The SMILES string of the molecule is N#CC(=Cc1cc(Cl)c(O)c(Br)c1)C(=O)Nc1ccc2ccccc2c1. The Morgan fingerprint density at radius 2 is 1.88 bits per heavy atom. The first-order chi connectivity index (χ1) is 12.5. The van der Waals surface area contributed by atoms with Crippen LogP contribution in [0.15, 0.2) is 64.6 Å². The maximum atomic E-state index is 12.4. The monoisotopic (exact) mass is 426 g/mol. The number of hydrogen-bond acceptors (Lipinski definition) is 3. The number of nitrogens with one attached hydrogen (secondary N) is 1. The van der Waals surface area contributed by atoms with Crippen LogP contribution in [-0.4, -0.2) is 11.0 Å². The van der Waals surface area contributed by atoms with Gasteiger partial charge in [0.25, 0.3) is 5.91 Å². The third-order valence-electron chi connectivity index (χ3n) is 3.72. The molecule has 0 aliphatic heterocycles. The summed E-state index contributed by atoms with van der Waals surface area (Å²) in [7, 11) is 0. The fourth-order valence-electron chi connectivity index (χ4n) is 2.45. The van der Waals surface area contributed by atoms with Gasteiger partial charge in [0, 0.05) is 5.69 Å². The highest BCUT2D eigenvalue weighted by Gasteiger charge is 2.12. The predicted molar refractivity (Wildman–Crippen MR) is 107 cm³/mol. The summed E-state index contributed by atoms with van der Waals surface area (Å²) in [6.07, 6.45) is 1.41. The molecule has 26 heavy (non-hydrogen) atoms. The molecule has 4 nitrogen and oxygen atoms in total. The van der Waals surface area contributed by atoms with Gasteiger partial charge in [0.2, 0.25) is 0 Å². The lowest BCUT2D eigenvalue weighted by Gasteiger charge is -2.07. The molecule has 1 amide bonds. The normalized spacial score (nSPS) is 11.2. The molecule has 0 saturated heterocycles. The predicted octanol–water partition coefficient (Wildman–Crippen LogP) is 5.51. The molecule has 2 N–H and O–H groups in total. The van der Waals surface area contributed by atoms with E-state index < -0.39 is 5.91 Å². The Kier molecular flexibility index (Phi) is 5.27. The van der Waals surface area contributed by atoms with E-state index in [9.17, 15) is 15.2 Å². The van der Waals surface area contributed by atoms with E-state index in [0.29, 0.717) is 15.7 Å². The van der Waals surface area contributed by atoms with Gasteiger partial charge in [0.1, 0.15) is 17.4 Å². The van der Waals surface area contributed by atoms with Gasteiger partial charge in [-0.25, -0.2) is 0 Å². The topological polar surface area (TPSA) is 73.1 Å². The lowest BCUT2D eigenvalue weighted by molar-refractivity contribution is -0.112. The van der Waals surface area contributed by atoms with Crippen molar-refractivity contribution in [3.63, 3.8) is 0 Å². The third-order valence-corrected chi connectivity index (χ3v) is 4.62. The molecule has 0 bridgehead atoms. The highest BCUT2D eigenvalue weighted by atomic mass is 79.9. The van der Waals surface area contributed by atoms with E-state index in [0.717, 1.165) is 10.8 Å². The van der Waals surface area contributed by atoms with E-state index in [2.05, 4.69) is 21.2 Å². The maximum Gasteiger partial charge on any atom is 0.266 e. The number of hydrogen-bond donors (Lipinski definition) is 2. The molecule has 0 aromatic heterocycles. The minimum absolute atomic E-state index is 0.0770. The molecule has 0 unspecified atom stereocenters. The number of benzene rings is 3. The van der Waals surface area contributed by atoms with Gasteiger partial charge < -0.3 is 10.4 Å². The third kappa shape index (κ3) is 3.88. The first kappa shape index (κ1) is 18.0. The average molecular weight is 428 g/mol. The zero-order chi connectivity index (χ0) is 18.7. The van der Waals surface area contributed by atoms with Gasteiger partial charge in [-0.05, 0) is 62.6 Å². The van der Waals surface area contributed by atoms with Crippen molar-refractivity contribution in [1.29, 1.82) is 5.26 Å². The molecular formula is C20H12BrClN2O2. The number of nitriles is 1. The highest BCUT2D eigenvalue weighted by molar-refractivity contribution is 9.10. The van der Waals surface area contributed by atoms with Gasteiger partial charge in [-0.3, -0.25) is 4.79 Å². The van der Waals surface area contributed by atoms with E-state index in [1.165, 1.54) is 12.1 Å². The molecule has 3 aromatic carbocycles. The summed E-state index contributed by atoms with van der Waals surface area (Å²) in [5.74, 6) is -0.619. The Hall–Kier alpha value is -2.81. The maximum absolute atomic E-state index is 12.4. The Balaban J connectivity index is 1.87. The first-order valence-corrected chi connectivity index (χ1v) is 8.75. The second-order valence-electron chi connectivity index (χ2n) is 5.52. The molecule has 0 fully saturated rings. The van der Waals surface area contributed by atoms with Crippen molar-refractivity contribution in [1.82, 2.24) is 0 Å². The summed E-state index contributed by atoms with van der Waals surface area (Å²) >= 11 is 9.09. The number of phenols is 1. The van der Waals surface area contributed by atoms with Crippen molar-refractivity contribution in [3.05, 3.63) is 75.2 Å². The largest absolute Gasteiger partial charge is 0.505 e. The average Bonchev–Trinajstić information content (AvgIpc) is 2.63. The van der Waals surface area contributed by atoms with E-state index in [1.807, 2.05) is 42.5 Å². The van der Waals surface area contributed by atoms with Crippen molar-refractivity contribution >= 4 is 56.0 Å². The van der Waals surface area contributed by atoms with Gasteiger partial charge in [0.15, 0.2) is 0 Å². The van der Waals surface area contributed by atoms with Crippen molar-refractivity contribution < 1.29 is 9.90 Å². The Labute approximate surface area is 163 Å². The molecule has 128 valence electrons. The van der Waals surface area contributed by atoms with Crippen LogP contribution in [0.1, 0.15) is 5.56 Å². The van der Waals surface area contributed by atoms with Crippen LogP contribution < -0.4 is 5.32 Å². The van der Waals surface area contributed by atoms with E-state index in [-0.39, 0.29) is 16.3 Å². The van der Waals surface area contributed by atoms with E-state index >= 15 is 0 Å². The zero-order valence-electron chi connectivity index (χ0n) is 13.3. The lowest BCUT2D eigenvalue weighted by Crippen LogP contribution is -2.13. The van der Waals surface area contributed by atoms with Crippen LogP contribution in [0.3, 0.4) is 0 Å². The van der Waals surface area contributed by atoms with Crippen LogP contribution in [0, 0.1) is 11.3 Å². The van der Waals surface area contributed by atoms with Crippen LogP contribution >= 0.6 is 27.5 Å². The molecule has 3 rings (SSSR count). The second kappa shape index (κ2) is 7.61. The summed E-state index contributed by atoms with van der Waals surface area (Å²) in [6.45, 7) is 0. The van der Waals surface area contributed by atoms with Crippen LogP contribution in [0.25, 0.3) is 16.8 Å². The molecule has 0 spiro atoms. The van der Waals surface area contributed by atoms with Crippen molar-refractivity contribution in [3.8, 4) is 11.8 Å². The quantitative estimate of drug-likeness (QED) is 0.428. The number of anilines is 1. The molecule has 0 aliphatic carbocycles. The summed E-state index contributed by atoms with van der Waals surface area (Å²) in [5.41, 5.74) is 1.04. The fraction of sp³-hybridized carbons (Fsp3) is 0. The minimum Gasteiger partial charge on any atom is -0.505 e. The fourth-order valence-corrected chi connectivity index (χ4v) is 3.27. The number of phenolic OH excluding ortho intramolecular Hbond substituents is 1. The molecule has 0 heterocycles. The van der Waals surface area contributed by atoms with E-state index in [4.69, 9.17) is 11.6 Å². The van der Waals surface area contributed by atoms with Crippen LogP contribution in [0.4, 0.5) is 5.69 Å². The Morgan fingerprint density at radius 3 is 2.58 bits per heavy atom. The van der Waals surface area contributed by atoms with Gasteiger partial charge >= 0.3 is 0 Å². The smallest absolute Gasteiger partial charge is 0.266 e. The lowest BCUT2D eigenvalue weighted by atomic mass is 10.1. The number of nitrogens with zero attached hydrogens (tertiary/aromatic N) is 1. The zero-order valence-corrected chi connectivity index (χ0v) is 15.7. The van der Waals surface area contributed by atoms with Crippen LogP contribution in [-0.2, 0) is 4.79 Å². The number of amides is 1. The molecule has 6 heteroatoms. The molecule has 0 saturated carbocycles. The molecule has 3 aromatic rings. The van der Waals surface area contributed by atoms with Crippen molar-refractivity contribution in [2.45, 2.75) is 0 Å². The van der Waals surface area contributed by atoms with Gasteiger partial charge in [-0.2, -0.15) is 5.26 Å². The number of aromatic hydroxyl groups is 1. The summed E-state index contributed by atoms with van der Waals surface area (Å²) in [6, 6.07) is 18.2. The Bertz CT molecular complexity index is 1060. The van der Waals surface area contributed by atoms with Crippen LogP contribution in [0.2, 0.25) is 5.02 Å². The van der Waals surface area contributed by atoms with Gasteiger partial charge in [0.05, 0.1) is 9.50 Å². The number of rotatable bonds is 3. The number of carbonyl (C=O) groups is 1. The number of fused-ring (bicyclic) bond motifs is 1. The molecule has 0 radical (unpaired) electrons. The molecular weight excluding hydrogens is 416 g/mol. The van der Waals surface area contributed by atoms with Gasteiger partial charge in [-0.15, -0.1) is 0 Å². The minimum atomic E-state index is -0.525. The summed E-state index contributed by atoms with van der Waals surface area (Å²) in [4.78, 5) is 12.4. The van der Waals surface area contributed by atoms with E-state index in [1.54, 1.807) is 12.1 Å². The molecule has 0 atom stereocenters. The van der Waals surface area contributed by atoms with Gasteiger partial charge in [-0.1, -0.05) is 41.9 Å². The van der Waals surface area contributed by atoms with Crippen molar-refractivity contribution in [2.75, 3.05) is 5.32 Å². The summed E-state index contributed by atoms with van der Waals surface area (Å²) < 4.78 is 0.378. The van der Waals surface area contributed by atoms with Crippen LogP contribution in [0.5, 0.6) is 5.75 Å². The highest BCUT2D eigenvalue weighted by Crippen LogP contribution is 2.33. The number of halogens is 2. The Morgan fingerprint density at radius 1 is 1.15 bits per heavy atom. The first-order valence-electron chi connectivity index (χ1n) is 7.58.